The molecule has 1 N–H and O–H groups in total. The summed E-state index contributed by atoms with van der Waals surface area (Å²) >= 11 is 1.10. The highest BCUT2D eigenvalue weighted by molar-refractivity contribution is 7.08. The van der Waals surface area contributed by atoms with Gasteiger partial charge in [-0.05, 0) is 47.8 Å². The van der Waals surface area contributed by atoms with Crippen molar-refractivity contribution in [1.82, 2.24) is 19.1 Å². The van der Waals surface area contributed by atoms with Crippen LogP contribution < -0.4 is 5.32 Å². The van der Waals surface area contributed by atoms with Crippen LogP contribution in [-0.2, 0) is 12.7 Å². The van der Waals surface area contributed by atoms with Crippen LogP contribution in [0.4, 0.5) is 19.0 Å². The third-order valence-corrected chi connectivity index (χ3v) is 5.19. The van der Waals surface area contributed by atoms with Crippen LogP contribution in [-0.4, -0.2) is 25.0 Å². The highest BCUT2D eigenvalue weighted by Gasteiger charge is 2.32. The number of carbonyl (C=O) groups excluding carboxylic acids is 1. The smallest absolute Gasteiger partial charge is 0.304 e. The predicted octanol–water partition coefficient (Wildman–Crippen LogP) is 4.52. The van der Waals surface area contributed by atoms with Crippen molar-refractivity contribution in [3.8, 4) is 0 Å². The molecule has 0 atom stereocenters. The maximum Gasteiger partial charge on any atom is 0.433 e. The van der Waals surface area contributed by atoms with E-state index in [1.54, 1.807) is 17.8 Å². The zero-order valence-electron chi connectivity index (χ0n) is 15.1. The van der Waals surface area contributed by atoms with Gasteiger partial charge in [-0.15, -0.1) is 0 Å². The van der Waals surface area contributed by atoms with E-state index in [-0.39, 0.29) is 12.5 Å². The van der Waals surface area contributed by atoms with Gasteiger partial charge in [-0.3, -0.25) is 14.5 Å². The lowest BCUT2D eigenvalue weighted by molar-refractivity contribution is -0.141. The van der Waals surface area contributed by atoms with Gasteiger partial charge in [-0.25, -0.2) is 4.37 Å². The average Bonchev–Trinajstić information content (AvgIpc) is 3.26. The molecule has 0 aliphatic heterocycles. The molecule has 6 nitrogen and oxygen atoms in total. The van der Waals surface area contributed by atoms with Crippen molar-refractivity contribution in [3.05, 3.63) is 70.5 Å². The molecular weight excluding hydrogens is 403 g/mol. The van der Waals surface area contributed by atoms with Crippen LogP contribution in [0.3, 0.4) is 0 Å². The molecule has 148 valence electrons. The van der Waals surface area contributed by atoms with E-state index < -0.39 is 11.9 Å². The SMILES string of the molecule is Cc1cnsc1C(=O)Nc1nn(Cc2ccc(C(F)(F)F)nc2)c2ccccc12. The molecule has 0 fully saturated rings. The first kappa shape index (κ1) is 19.1. The van der Waals surface area contributed by atoms with Gasteiger partial charge in [0.15, 0.2) is 5.82 Å². The molecule has 0 saturated carbocycles. The summed E-state index contributed by atoms with van der Waals surface area (Å²) in [5, 5.41) is 7.98. The Morgan fingerprint density at radius 2 is 1.97 bits per heavy atom. The third-order valence-electron chi connectivity index (χ3n) is 4.29. The Bertz CT molecular complexity index is 1180. The summed E-state index contributed by atoms with van der Waals surface area (Å²) in [6, 6.07) is 9.60. The quantitative estimate of drug-likeness (QED) is 0.530. The fraction of sp³-hybridized carbons (Fsp3) is 0.158. The molecule has 0 spiro atoms. The fourth-order valence-corrected chi connectivity index (χ4v) is 3.52. The van der Waals surface area contributed by atoms with Crippen LogP contribution in [0.5, 0.6) is 0 Å². The summed E-state index contributed by atoms with van der Waals surface area (Å²) < 4.78 is 43.7. The van der Waals surface area contributed by atoms with Gasteiger partial charge in [-0.1, -0.05) is 18.2 Å². The number of anilines is 1. The number of aromatic nitrogens is 4. The number of para-hydroxylation sites is 1. The summed E-state index contributed by atoms with van der Waals surface area (Å²) in [5.41, 5.74) is 1.12. The zero-order valence-corrected chi connectivity index (χ0v) is 15.9. The van der Waals surface area contributed by atoms with Crippen LogP contribution in [0, 0.1) is 6.92 Å². The number of aryl methyl sites for hydroxylation is 1. The van der Waals surface area contributed by atoms with Crippen molar-refractivity contribution >= 4 is 34.2 Å². The molecule has 0 aliphatic rings. The highest BCUT2D eigenvalue weighted by atomic mass is 32.1. The molecule has 0 radical (unpaired) electrons. The predicted molar refractivity (Wildman–Crippen MR) is 103 cm³/mol. The maximum atomic E-state index is 12.7. The standard InChI is InChI=1S/C19H14F3N5OS/c1-11-8-24-29-16(11)18(28)25-17-13-4-2-3-5-14(13)27(26-17)10-12-6-7-15(23-9-12)19(20,21)22/h2-9H,10H2,1H3,(H,25,26,28). The molecule has 29 heavy (non-hydrogen) atoms. The normalized spacial score (nSPS) is 11.7. The van der Waals surface area contributed by atoms with Gasteiger partial charge < -0.3 is 5.32 Å². The van der Waals surface area contributed by atoms with Crippen molar-refractivity contribution in [2.24, 2.45) is 0 Å². The van der Waals surface area contributed by atoms with Gasteiger partial charge in [0.1, 0.15) is 10.6 Å². The average molecular weight is 417 g/mol. The molecule has 3 aromatic heterocycles. The van der Waals surface area contributed by atoms with E-state index >= 15 is 0 Å². The number of rotatable bonds is 4. The fourth-order valence-electron chi connectivity index (χ4n) is 2.87. The van der Waals surface area contributed by atoms with Crippen molar-refractivity contribution in [1.29, 1.82) is 0 Å². The Labute approximate surface area is 167 Å². The van der Waals surface area contributed by atoms with Gasteiger partial charge in [0.2, 0.25) is 0 Å². The van der Waals surface area contributed by atoms with Crippen molar-refractivity contribution < 1.29 is 18.0 Å². The van der Waals surface area contributed by atoms with E-state index in [0.717, 1.165) is 34.1 Å². The summed E-state index contributed by atoms with van der Waals surface area (Å²) in [4.78, 5) is 16.5. The number of alkyl halides is 3. The van der Waals surface area contributed by atoms with Crippen molar-refractivity contribution in [2.75, 3.05) is 5.32 Å². The lowest BCUT2D eigenvalue weighted by Gasteiger charge is -2.07. The Kier molecular flexibility index (Phi) is 4.79. The molecule has 1 aromatic carbocycles. The molecule has 0 bridgehead atoms. The number of amides is 1. The minimum atomic E-state index is -4.48. The topological polar surface area (TPSA) is 72.7 Å². The van der Waals surface area contributed by atoms with E-state index in [1.165, 1.54) is 12.3 Å². The largest absolute Gasteiger partial charge is 0.433 e. The second-order valence-electron chi connectivity index (χ2n) is 6.36. The molecule has 0 aliphatic carbocycles. The number of nitrogens with zero attached hydrogens (tertiary/aromatic N) is 4. The Morgan fingerprint density at radius 3 is 2.62 bits per heavy atom. The molecule has 4 rings (SSSR count). The van der Waals surface area contributed by atoms with Crippen LogP contribution in [0.15, 0.2) is 48.8 Å². The van der Waals surface area contributed by atoms with Crippen molar-refractivity contribution in [3.63, 3.8) is 0 Å². The number of carbonyl (C=O) groups is 1. The highest BCUT2D eigenvalue weighted by Crippen LogP contribution is 2.28. The van der Waals surface area contributed by atoms with Gasteiger partial charge in [0, 0.05) is 17.8 Å². The van der Waals surface area contributed by atoms with E-state index in [9.17, 15) is 18.0 Å². The molecule has 10 heteroatoms. The first-order chi connectivity index (χ1) is 13.8. The third kappa shape index (κ3) is 3.83. The minimum absolute atomic E-state index is 0.209. The second kappa shape index (κ2) is 7.28. The number of halogens is 3. The summed E-state index contributed by atoms with van der Waals surface area (Å²) in [5.74, 6) is 0.0647. The number of fused-ring (bicyclic) bond motifs is 1. The van der Waals surface area contributed by atoms with Gasteiger partial charge >= 0.3 is 6.18 Å². The zero-order chi connectivity index (χ0) is 20.6. The monoisotopic (exact) mass is 417 g/mol. The van der Waals surface area contributed by atoms with E-state index in [4.69, 9.17) is 0 Å². The van der Waals surface area contributed by atoms with Gasteiger partial charge in [-0.2, -0.15) is 18.3 Å². The Morgan fingerprint density at radius 1 is 1.17 bits per heavy atom. The lowest BCUT2D eigenvalue weighted by atomic mass is 10.2. The summed E-state index contributed by atoms with van der Waals surface area (Å²) in [7, 11) is 0. The maximum absolute atomic E-state index is 12.7. The van der Waals surface area contributed by atoms with Crippen LogP contribution in [0.1, 0.15) is 26.5 Å². The van der Waals surface area contributed by atoms with E-state index in [0.29, 0.717) is 16.3 Å². The van der Waals surface area contributed by atoms with Crippen LogP contribution >= 0.6 is 11.5 Å². The number of hydrogen-bond donors (Lipinski definition) is 1. The molecule has 4 aromatic rings. The number of nitrogens with one attached hydrogen (secondary N) is 1. The molecule has 0 saturated heterocycles. The van der Waals surface area contributed by atoms with Crippen LogP contribution in [0.2, 0.25) is 0 Å². The number of pyridine rings is 1. The van der Waals surface area contributed by atoms with E-state index in [1.807, 2.05) is 24.3 Å². The van der Waals surface area contributed by atoms with Gasteiger partial charge in [0.25, 0.3) is 5.91 Å². The summed E-state index contributed by atoms with van der Waals surface area (Å²) in [6.45, 7) is 2.01. The molecule has 1 amide bonds. The van der Waals surface area contributed by atoms with Crippen molar-refractivity contribution in [2.45, 2.75) is 19.6 Å². The van der Waals surface area contributed by atoms with Crippen LogP contribution in [0.25, 0.3) is 10.9 Å². The molecule has 0 unspecified atom stereocenters. The summed E-state index contributed by atoms with van der Waals surface area (Å²) in [6.07, 6.45) is -1.69. The first-order valence-corrected chi connectivity index (χ1v) is 9.30. The lowest BCUT2D eigenvalue weighted by Crippen LogP contribution is -2.12. The Balaban J connectivity index is 1.64. The second-order valence-corrected chi connectivity index (χ2v) is 7.17. The minimum Gasteiger partial charge on any atom is -0.304 e. The first-order valence-electron chi connectivity index (χ1n) is 8.53. The Hall–Kier alpha value is -3.27. The number of hydrogen-bond acceptors (Lipinski definition) is 5. The van der Waals surface area contributed by atoms with Gasteiger partial charge in [0.05, 0.1) is 12.1 Å². The molecule has 3 heterocycles. The number of benzene rings is 1. The molecular formula is C19H14F3N5OS. The van der Waals surface area contributed by atoms with E-state index in [2.05, 4.69) is 19.8 Å².